The lowest BCUT2D eigenvalue weighted by molar-refractivity contribution is -0.125. The van der Waals surface area contributed by atoms with Crippen LogP contribution >= 0.6 is 0 Å². The standard InChI is InChI=1S/C17H21N5O/c1-20-12-15(10-19-20)22-9-6-17(16(22)23)5-8-21(13-17)11-14-4-2-3-7-18-14/h2-4,7,10,12H,5-6,8-9,11,13H2,1H3. The van der Waals surface area contributed by atoms with Gasteiger partial charge < -0.3 is 4.90 Å². The van der Waals surface area contributed by atoms with Gasteiger partial charge >= 0.3 is 0 Å². The molecule has 2 aromatic rings. The molecule has 4 rings (SSSR count). The Labute approximate surface area is 135 Å². The first-order valence-corrected chi connectivity index (χ1v) is 8.09. The van der Waals surface area contributed by atoms with Crippen LogP contribution in [0.2, 0.25) is 0 Å². The molecule has 6 heteroatoms. The van der Waals surface area contributed by atoms with Gasteiger partial charge in [-0.3, -0.25) is 19.4 Å². The van der Waals surface area contributed by atoms with Crippen LogP contribution < -0.4 is 4.90 Å². The second kappa shape index (κ2) is 5.45. The number of pyridine rings is 1. The van der Waals surface area contributed by atoms with Crippen LogP contribution in [0.15, 0.2) is 36.8 Å². The maximum Gasteiger partial charge on any atom is 0.234 e. The minimum Gasteiger partial charge on any atom is -0.309 e. The van der Waals surface area contributed by atoms with Crippen LogP contribution in [0.5, 0.6) is 0 Å². The average molecular weight is 311 g/mol. The lowest BCUT2D eigenvalue weighted by Gasteiger charge is -2.23. The van der Waals surface area contributed by atoms with E-state index >= 15 is 0 Å². The monoisotopic (exact) mass is 311 g/mol. The SMILES string of the molecule is Cn1cc(N2CCC3(CCN(Cc4ccccn4)C3)C2=O)cn1. The molecule has 0 N–H and O–H groups in total. The number of amides is 1. The van der Waals surface area contributed by atoms with Crippen molar-refractivity contribution in [3.05, 3.63) is 42.5 Å². The molecule has 1 spiro atoms. The molecule has 1 atom stereocenters. The summed E-state index contributed by atoms with van der Waals surface area (Å²) >= 11 is 0. The Balaban J connectivity index is 1.47. The van der Waals surface area contributed by atoms with Crippen LogP contribution in [0.25, 0.3) is 0 Å². The minimum absolute atomic E-state index is 0.218. The third-order valence-corrected chi connectivity index (χ3v) is 5.06. The Morgan fingerprint density at radius 3 is 2.87 bits per heavy atom. The number of nitrogens with zero attached hydrogens (tertiary/aromatic N) is 5. The van der Waals surface area contributed by atoms with Crippen molar-refractivity contribution in [1.29, 1.82) is 0 Å². The zero-order valence-electron chi connectivity index (χ0n) is 13.4. The summed E-state index contributed by atoms with van der Waals surface area (Å²) in [6, 6.07) is 5.99. The maximum absolute atomic E-state index is 13.0. The quantitative estimate of drug-likeness (QED) is 0.861. The molecular weight excluding hydrogens is 290 g/mol. The molecule has 1 amide bonds. The molecule has 0 radical (unpaired) electrons. The molecule has 0 bridgehead atoms. The van der Waals surface area contributed by atoms with E-state index in [1.165, 1.54) is 0 Å². The molecule has 2 aliphatic rings. The first kappa shape index (κ1) is 14.4. The number of carbonyl (C=O) groups excluding carboxylic acids is 1. The van der Waals surface area contributed by atoms with Crippen molar-refractivity contribution in [3.8, 4) is 0 Å². The van der Waals surface area contributed by atoms with E-state index in [0.29, 0.717) is 0 Å². The van der Waals surface area contributed by atoms with Crippen molar-refractivity contribution in [1.82, 2.24) is 19.7 Å². The lowest BCUT2D eigenvalue weighted by atomic mass is 9.85. The summed E-state index contributed by atoms with van der Waals surface area (Å²) in [5, 5.41) is 4.19. The highest BCUT2D eigenvalue weighted by Crippen LogP contribution is 2.42. The normalized spacial score (nSPS) is 24.9. The van der Waals surface area contributed by atoms with Crippen molar-refractivity contribution in [2.75, 3.05) is 24.5 Å². The third-order valence-electron chi connectivity index (χ3n) is 5.06. The summed E-state index contributed by atoms with van der Waals surface area (Å²) in [7, 11) is 1.88. The summed E-state index contributed by atoms with van der Waals surface area (Å²) in [5.74, 6) is 0.258. The molecule has 2 aromatic heterocycles. The van der Waals surface area contributed by atoms with Gasteiger partial charge in [0, 0.05) is 39.1 Å². The Bertz CT molecular complexity index is 713. The van der Waals surface area contributed by atoms with E-state index in [-0.39, 0.29) is 11.3 Å². The van der Waals surface area contributed by atoms with Gasteiger partial charge in [-0.2, -0.15) is 5.10 Å². The van der Waals surface area contributed by atoms with Gasteiger partial charge in [0.2, 0.25) is 5.91 Å². The molecule has 1 unspecified atom stereocenters. The molecule has 23 heavy (non-hydrogen) atoms. The predicted molar refractivity (Wildman–Crippen MR) is 86.7 cm³/mol. The maximum atomic E-state index is 13.0. The Morgan fingerprint density at radius 2 is 2.13 bits per heavy atom. The van der Waals surface area contributed by atoms with Crippen molar-refractivity contribution < 1.29 is 4.79 Å². The third kappa shape index (κ3) is 2.53. The number of rotatable bonds is 3. The highest BCUT2D eigenvalue weighted by Gasteiger charge is 2.51. The van der Waals surface area contributed by atoms with E-state index in [1.807, 2.05) is 42.5 Å². The molecule has 0 aliphatic carbocycles. The predicted octanol–water partition coefficient (Wildman–Crippen LogP) is 1.44. The average Bonchev–Trinajstić information content (AvgIpc) is 3.23. The van der Waals surface area contributed by atoms with Gasteiger partial charge in [0.05, 0.1) is 23.0 Å². The van der Waals surface area contributed by atoms with E-state index < -0.39 is 0 Å². The minimum atomic E-state index is -0.218. The molecule has 0 aromatic carbocycles. The first-order valence-electron chi connectivity index (χ1n) is 8.09. The van der Waals surface area contributed by atoms with Crippen LogP contribution in [0.3, 0.4) is 0 Å². The second-order valence-corrected chi connectivity index (χ2v) is 6.64. The van der Waals surface area contributed by atoms with E-state index in [9.17, 15) is 4.79 Å². The Morgan fingerprint density at radius 1 is 1.26 bits per heavy atom. The van der Waals surface area contributed by atoms with E-state index in [4.69, 9.17) is 0 Å². The lowest BCUT2D eigenvalue weighted by Crippen LogP contribution is -2.36. The largest absolute Gasteiger partial charge is 0.309 e. The molecule has 2 saturated heterocycles. The zero-order chi connectivity index (χ0) is 15.9. The van der Waals surface area contributed by atoms with E-state index in [0.717, 1.165) is 50.4 Å². The fourth-order valence-electron chi connectivity index (χ4n) is 3.81. The van der Waals surface area contributed by atoms with Crippen LogP contribution in [-0.2, 0) is 18.4 Å². The summed E-state index contributed by atoms with van der Waals surface area (Å²) in [5.41, 5.74) is 1.77. The number of anilines is 1. The number of hydrogen-bond acceptors (Lipinski definition) is 4. The molecule has 2 fully saturated rings. The van der Waals surface area contributed by atoms with Gasteiger partial charge in [0.25, 0.3) is 0 Å². The highest BCUT2D eigenvalue weighted by molar-refractivity contribution is 6.00. The van der Waals surface area contributed by atoms with E-state index in [2.05, 4.69) is 15.0 Å². The van der Waals surface area contributed by atoms with Gasteiger partial charge in [-0.1, -0.05) is 6.07 Å². The fraction of sp³-hybridized carbons (Fsp3) is 0.471. The molecule has 0 saturated carbocycles. The van der Waals surface area contributed by atoms with Crippen LogP contribution in [0, 0.1) is 5.41 Å². The topological polar surface area (TPSA) is 54.3 Å². The van der Waals surface area contributed by atoms with Crippen LogP contribution in [0.4, 0.5) is 5.69 Å². The first-order chi connectivity index (χ1) is 11.2. The van der Waals surface area contributed by atoms with Crippen molar-refractivity contribution in [3.63, 3.8) is 0 Å². The summed E-state index contributed by atoms with van der Waals surface area (Å²) in [4.78, 5) is 21.6. The molecular formula is C17H21N5O. The van der Waals surface area contributed by atoms with Gasteiger partial charge in [-0.25, -0.2) is 0 Å². The number of likely N-dealkylation sites (tertiary alicyclic amines) is 1. The van der Waals surface area contributed by atoms with E-state index in [1.54, 1.807) is 10.9 Å². The van der Waals surface area contributed by atoms with Crippen LogP contribution in [0.1, 0.15) is 18.5 Å². The number of aryl methyl sites for hydroxylation is 1. The number of carbonyl (C=O) groups is 1. The van der Waals surface area contributed by atoms with Gasteiger partial charge in [-0.05, 0) is 31.5 Å². The summed E-state index contributed by atoms with van der Waals surface area (Å²) in [6.45, 7) is 3.41. The van der Waals surface area contributed by atoms with Gasteiger partial charge in [0.15, 0.2) is 0 Å². The number of hydrogen-bond donors (Lipinski definition) is 0. The van der Waals surface area contributed by atoms with Crippen molar-refractivity contribution in [2.24, 2.45) is 12.5 Å². The molecule has 2 aliphatic heterocycles. The second-order valence-electron chi connectivity index (χ2n) is 6.64. The molecule has 120 valence electrons. The van der Waals surface area contributed by atoms with Gasteiger partial charge in [0.1, 0.15) is 0 Å². The molecule has 4 heterocycles. The summed E-state index contributed by atoms with van der Waals surface area (Å²) < 4.78 is 1.75. The number of aromatic nitrogens is 3. The smallest absolute Gasteiger partial charge is 0.234 e. The van der Waals surface area contributed by atoms with Crippen molar-refractivity contribution >= 4 is 11.6 Å². The Hall–Kier alpha value is -2.21. The van der Waals surface area contributed by atoms with Crippen molar-refractivity contribution in [2.45, 2.75) is 19.4 Å². The highest BCUT2D eigenvalue weighted by atomic mass is 16.2. The Kier molecular flexibility index (Phi) is 3.41. The molecule has 6 nitrogen and oxygen atoms in total. The summed E-state index contributed by atoms with van der Waals surface area (Å²) in [6.07, 6.45) is 7.38. The fourth-order valence-corrected chi connectivity index (χ4v) is 3.81. The van der Waals surface area contributed by atoms with Crippen LogP contribution in [-0.4, -0.2) is 45.2 Å². The van der Waals surface area contributed by atoms with Gasteiger partial charge in [-0.15, -0.1) is 0 Å². The zero-order valence-corrected chi connectivity index (χ0v) is 13.4.